The third kappa shape index (κ3) is 4.09. The molecule has 0 spiro atoms. The summed E-state index contributed by atoms with van der Waals surface area (Å²) in [6, 6.07) is 18.6. The van der Waals surface area contributed by atoms with Gasteiger partial charge in [-0.1, -0.05) is 24.3 Å². The van der Waals surface area contributed by atoms with E-state index in [0.717, 1.165) is 17.0 Å². The highest BCUT2D eigenvalue weighted by molar-refractivity contribution is 6.46. The van der Waals surface area contributed by atoms with Crippen molar-refractivity contribution in [1.29, 1.82) is 5.26 Å². The Bertz CT molecular complexity index is 1360. The Morgan fingerprint density at radius 2 is 1.65 bits per heavy atom. The van der Waals surface area contributed by atoms with Gasteiger partial charge in [-0.25, -0.2) is 4.90 Å². The Morgan fingerprint density at radius 1 is 0.941 bits per heavy atom. The second kappa shape index (κ2) is 8.75. The van der Waals surface area contributed by atoms with Crippen molar-refractivity contribution in [2.45, 2.75) is 6.18 Å². The molecule has 6 nitrogen and oxygen atoms in total. The first kappa shape index (κ1) is 22.6. The van der Waals surface area contributed by atoms with Gasteiger partial charge in [0.1, 0.15) is 11.4 Å². The van der Waals surface area contributed by atoms with Gasteiger partial charge in [0.25, 0.3) is 11.8 Å². The molecule has 0 atom stereocenters. The van der Waals surface area contributed by atoms with Crippen molar-refractivity contribution in [2.75, 3.05) is 17.3 Å². The monoisotopic (exact) mass is 463 g/mol. The minimum atomic E-state index is -4.58. The number of nitrogens with one attached hydrogen (secondary N) is 1. The molecule has 0 aromatic heterocycles. The van der Waals surface area contributed by atoms with Gasteiger partial charge in [-0.05, 0) is 48.5 Å². The molecule has 0 saturated heterocycles. The fourth-order valence-electron chi connectivity index (χ4n) is 3.58. The summed E-state index contributed by atoms with van der Waals surface area (Å²) in [6.45, 7) is 0. The van der Waals surface area contributed by atoms with E-state index in [-0.39, 0.29) is 22.6 Å². The maximum atomic E-state index is 13.5. The minimum absolute atomic E-state index is 0.0138. The van der Waals surface area contributed by atoms with Crippen LogP contribution in [0.3, 0.4) is 0 Å². The SMILES string of the molecule is COc1ccccc1C1=C(Nc2cccc(C(F)(F)F)c2)C(=O)N(c2ccc(C#N)cc2)C1=O. The van der Waals surface area contributed by atoms with Gasteiger partial charge in [-0.3, -0.25) is 9.59 Å². The van der Waals surface area contributed by atoms with E-state index in [1.807, 2.05) is 6.07 Å². The quantitative estimate of drug-likeness (QED) is 0.540. The fourth-order valence-corrected chi connectivity index (χ4v) is 3.58. The zero-order chi connectivity index (χ0) is 24.5. The molecule has 0 radical (unpaired) electrons. The molecule has 9 heteroatoms. The van der Waals surface area contributed by atoms with Crippen LogP contribution < -0.4 is 15.0 Å². The van der Waals surface area contributed by atoms with Crippen LogP contribution in [0.1, 0.15) is 16.7 Å². The maximum absolute atomic E-state index is 13.5. The highest BCUT2D eigenvalue weighted by Crippen LogP contribution is 2.38. The Labute approximate surface area is 192 Å². The van der Waals surface area contributed by atoms with Crippen LogP contribution >= 0.6 is 0 Å². The molecular formula is C25H16F3N3O3. The molecular weight excluding hydrogens is 447 g/mol. The number of ether oxygens (including phenoxy) is 1. The lowest BCUT2D eigenvalue weighted by molar-refractivity contribution is -0.137. The molecule has 0 aliphatic carbocycles. The number of hydrogen-bond acceptors (Lipinski definition) is 5. The summed E-state index contributed by atoms with van der Waals surface area (Å²) in [5, 5.41) is 11.7. The number of amides is 2. The fraction of sp³-hybridized carbons (Fsp3) is 0.0800. The number of methoxy groups -OCH3 is 1. The summed E-state index contributed by atoms with van der Waals surface area (Å²) in [5.74, 6) is -1.13. The number of imide groups is 1. The third-order valence-corrected chi connectivity index (χ3v) is 5.17. The second-order valence-electron chi connectivity index (χ2n) is 7.26. The first-order chi connectivity index (χ1) is 16.2. The lowest BCUT2D eigenvalue weighted by Crippen LogP contribution is -2.32. The molecule has 2 amide bonds. The number of hydrogen-bond donors (Lipinski definition) is 1. The average molecular weight is 463 g/mol. The third-order valence-electron chi connectivity index (χ3n) is 5.17. The molecule has 1 aliphatic rings. The molecule has 1 N–H and O–H groups in total. The van der Waals surface area contributed by atoms with E-state index in [1.54, 1.807) is 24.3 Å². The van der Waals surface area contributed by atoms with Crippen molar-refractivity contribution in [3.63, 3.8) is 0 Å². The first-order valence-corrected chi connectivity index (χ1v) is 9.95. The van der Waals surface area contributed by atoms with E-state index in [2.05, 4.69) is 5.32 Å². The molecule has 3 aromatic carbocycles. The summed E-state index contributed by atoms with van der Waals surface area (Å²) in [4.78, 5) is 27.8. The zero-order valence-electron chi connectivity index (χ0n) is 17.7. The normalized spacial score (nSPS) is 13.8. The van der Waals surface area contributed by atoms with Crippen LogP contribution in [0.25, 0.3) is 5.57 Å². The molecule has 4 rings (SSSR count). The van der Waals surface area contributed by atoms with Gasteiger partial charge in [0.15, 0.2) is 0 Å². The predicted octanol–water partition coefficient (Wildman–Crippen LogP) is 4.98. The number of rotatable bonds is 5. The van der Waals surface area contributed by atoms with Crippen LogP contribution in [-0.4, -0.2) is 18.9 Å². The number of benzene rings is 3. The van der Waals surface area contributed by atoms with E-state index in [0.29, 0.717) is 16.9 Å². The number of alkyl halides is 3. The Hall–Kier alpha value is -4.58. The van der Waals surface area contributed by atoms with Gasteiger partial charge in [-0.15, -0.1) is 0 Å². The largest absolute Gasteiger partial charge is 0.496 e. The molecule has 1 aliphatic heterocycles. The first-order valence-electron chi connectivity index (χ1n) is 9.95. The topological polar surface area (TPSA) is 82.4 Å². The van der Waals surface area contributed by atoms with Crippen molar-refractivity contribution in [3.05, 3.63) is 95.2 Å². The van der Waals surface area contributed by atoms with Crippen LogP contribution in [-0.2, 0) is 15.8 Å². The Morgan fingerprint density at radius 3 is 2.29 bits per heavy atom. The van der Waals surface area contributed by atoms with Gasteiger partial charge >= 0.3 is 6.18 Å². The zero-order valence-corrected chi connectivity index (χ0v) is 17.7. The number of para-hydroxylation sites is 1. The molecule has 3 aromatic rings. The summed E-state index contributed by atoms with van der Waals surface area (Å²) in [5.41, 5.74) is -0.320. The molecule has 170 valence electrons. The van der Waals surface area contributed by atoms with Crippen LogP contribution in [0, 0.1) is 11.3 Å². The predicted molar refractivity (Wildman–Crippen MR) is 119 cm³/mol. The highest BCUT2D eigenvalue weighted by Gasteiger charge is 2.41. The van der Waals surface area contributed by atoms with E-state index < -0.39 is 23.6 Å². The Kier molecular flexibility index (Phi) is 5.82. The van der Waals surface area contributed by atoms with Gasteiger partial charge < -0.3 is 10.1 Å². The highest BCUT2D eigenvalue weighted by atomic mass is 19.4. The van der Waals surface area contributed by atoms with Gasteiger partial charge in [-0.2, -0.15) is 18.4 Å². The minimum Gasteiger partial charge on any atom is -0.496 e. The number of anilines is 2. The van der Waals surface area contributed by atoms with Crippen molar-refractivity contribution < 1.29 is 27.5 Å². The van der Waals surface area contributed by atoms with E-state index in [4.69, 9.17) is 10.00 Å². The number of carbonyl (C=O) groups excluding carboxylic acids is 2. The van der Waals surface area contributed by atoms with E-state index >= 15 is 0 Å². The van der Waals surface area contributed by atoms with Gasteiger partial charge in [0, 0.05) is 11.3 Å². The number of nitriles is 1. The molecule has 0 unspecified atom stereocenters. The molecule has 34 heavy (non-hydrogen) atoms. The summed E-state index contributed by atoms with van der Waals surface area (Å²) in [6.07, 6.45) is -4.58. The smallest absolute Gasteiger partial charge is 0.416 e. The van der Waals surface area contributed by atoms with E-state index in [9.17, 15) is 22.8 Å². The summed E-state index contributed by atoms with van der Waals surface area (Å²) >= 11 is 0. The average Bonchev–Trinajstić information content (AvgIpc) is 3.07. The van der Waals surface area contributed by atoms with Crippen molar-refractivity contribution in [2.24, 2.45) is 0 Å². The van der Waals surface area contributed by atoms with Crippen LogP contribution in [0.5, 0.6) is 5.75 Å². The van der Waals surface area contributed by atoms with Crippen molar-refractivity contribution in [3.8, 4) is 11.8 Å². The standard InChI is InChI=1S/C25H16F3N3O3/c1-34-20-8-3-2-7-19(20)21-22(30-17-6-4-5-16(13-17)25(26,27)28)24(33)31(23(21)32)18-11-9-15(14-29)10-12-18/h2-13,30H,1H3. The molecule has 0 fully saturated rings. The Balaban J connectivity index is 1.84. The van der Waals surface area contributed by atoms with Crippen molar-refractivity contribution >= 4 is 28.8 Å². The summed E-state index contributed by atoms with van der Waals surface area (Å²) < 4.78 is 44.9. The lowest BCUT2D eigenvalue weighted by atomic mass is 10.0. The molecule has 0 bridgehead atoms. The second-order valence-corrected chi connectivity index (χ2v) is 7.26. The number of nitrogens with zero attached hydrogens (tertiary/aromatic N) is 2. The molecule has 0 saturated carbocycles. The molecule has 1 heterocycles. The lowest BCUT2D eigenvalue weighted by Gasteiger charge is -2.16. The van der Waals surface area contributed by atoms with Crippen LogP contribution in [0.15, 0.2) is 78.5 Å². The van der Waals surface area contributed by atoms with Gasteiger partial charge in [0.05, 0.1) is 35.6 Å². The van der Waals surface area contributed by atoms with Crippen LogP contribution in [0.2, 0.25) is 0 Å². The van der Waals surface area contributed by atoms with E-state index in [1.165, 1.54) is 43.5 Å². The number of carbonyl (C=O) groups is 2. The van der Waals surface area contributed by atoms with Crippen LogP contribution in [0.4, 0.5) is 24.5 Å². The number of halogens is 3. The summed E-state index contributed by atoms with van der Waals surface area (Å²) in [7, 11) is 1.40. The maximum Gasteiger partial charge on any atom is 0.416 e. The van der Waals surface area contributed by atoms with Gasteiger partial charge in [0.2, 0.25) is 0 Å². The van der Waals surface area contributed by atoms with Crippen molar-refractivity contribution in [1.82, 2.24) is 0 Å².